The summed E-state index contributed by atoms with van der Waals surface area (Å²) in [6, 6.07) is 0.744. The number of unbranched alkanes of at least 4 members (excludes halogenated alkanes) is 1. The smallest absolute Gasteiger partial charge is 0.186 e. The van der Waals surface area contributed by atoms with Gasteiger partial charge in [-0.15, -0.1) is 11.3 Å². The van der Waals surface area contributed by atoms with Crippen molar-refractivity contribution >= 4 is 16.5 Å². The van der Waals surface area contributed by atoms with E-state index in [0.717, 1.165) is 12.6 Å². The number of anilines is 1. The minimum Gasteiger partial charge on any atom is -0.345 e. The summed E-state index contributed by atoms with van der Waals surface area (Å²) in [5.41, 5.74) is 7.05. The molecule has 0 saturated heterocycles. The molecule has 2 N–H and O–H groups in total. The topological polar surface area (TPSA) is 42.2 Å². The molecule has 0 aromatic carbocycles. The molecule has 0 aliphatic heterocycles. The van der Waals surface area contributed by atoms with Gasteiger partial charge in [-0.3, -0.25) is 0 Å². The number of hydrogen-bond acceptors (Lipinski definition) is 4. The molecule has 0 spiro atoms. The maximum absolute atomic E-state index is 5.85. The lowest BCUT2D eigenvalue weighted by Crippen LogP contribution is -2.26. The predicted octanol–water partition coefficient (Wildman–Crippen LogP) is 3.49. The third kappa shape index (κ3) is 3.04. The van der Waals surface area contributed by atoms with Crippen LogP contribution in [0.15, 0.2) is 0 Å². The van der Waals surface area contributed by atoms with Crippen LogP contribution in [0.3, 0.4) is 0 Å². The standard InChI is InChI=1S/C14H25N3S/c1-4-5-8-17(11-6-7-11)14-16-13(10(2)3)12(9-15)18-14/h10-11H,4-9,15H2,1-3H3. The van der Waals surface area contributed by atoms with Gasteiger partial charge in [0.1, 0.15) is 0 Å². The van der Waals surface area contributed by atoms with Crippen LogP contribution in [0.4, 0.5) is 5.13 Å². The van der Waals surface area contributed by atoms with Gasteiger partial charge >= 0.3 is 0 Å². The van der Waals surface area contributed by atoms with E-state index in [9.17, 15) is 0 Å². The Morgan fingerprint density at radius 1 is 1.44 bits per heavy atom. The van der Waals surface area contributed by atoms with Crippen LogP contribution >= 0.6 is 11.3 Å². The average Bonchev–Trinajstić information content (AvgIpc) is 3.08. The molecule has 2 rings (SSSR count). The minimum atomic E-state index is 0.473. The molecule has 1 aliphatic rings. The summed E-state index contributed by atoms with van der Waals surface area (Å²) in [7, 11) is 0. The molecule has 1 aromatic heterocycles. The molecule has 3 nitrogen and oxygen atoms in total. The van der Waals surface area contributed by atoms with E-state index in [1.807, 2.05) is 0 Å². The highest BCUT2D eigenvalue weighted by Crippen LogP contribution is 2.37. The van der Waals surface area contributed by atoms with Crippen molar-refractivity contribution in [2.24, 2.45) is 5.73 Å². The molecule has 0 amide bonds. The first-order valence-electron chi connectivity index (χ1n) is 7.13. The van der Waals surface area contributed by atoms with Gasteiger partial charge in [0, 0.05) is 24.0 Å². The van der Waals surface area contributed by atoms with Crippen LogP contribution in [0.25, 0.3) is 0 Å². The van der Waals surface area contributed by atoms with E-state index in [1.165, 1.54) is 41.4 Å². The molecule has 1 aromatic rings. The highest BCUT2D eigenvalue weighted by atomic mass is 32.1. The second kappa shape index (κ2) is 6.02. The first-order valence-corrected chi connectivity index (χ1v) is 7.95. The quantitative estimate of drug-likeness (QED) is 0.822. The van der Waals surface area contributed by atoms with Crippen LogP contribution < -0.4 is 10.6 Å². The molecule has 1 heterocycles. The van der Waals surface area contributed by atoms with E-state index >= 15 is 0 Å². The van der Waals surface area contributed by atoms with Crippen LogP contribution in [0.5, 0.6) is 0 Å². The van der Waals surface area contributed by atoms with E-state index in [-0.39, 0.29) is 0 Å². The van der Waals surface area contributed by atoms with E-state index in [4.69, 9.17) is 10.7 Å². The molecule has 102 valence electrons. The summed E-state index contributed by atoms with van der Waals surface area (Å²) in [4.78, 5) is 8.64. The van der Waals surface area contributed by atoms with E-state index in [2.05, 4.69) is 25.7 Å². The maximum atomic E-state index is 5.85. The SMILES string of the molecule is CCCCN(c1nc(C(C)C)c(CN)s1)C1CC1. The first-order chi connectivity index (χ1) is 8.67. The normalized spacial score (nSPS) is 15.4. The van der Waals surface area contributed by atoms with Gasteiger partial charge in [-0.25, -0.2) is 4.98 Å². The molecule has 0 atom stereocenters. The Labute approximate surface area is 114 Å². The third-order valence-electron chi connectivity index (χ3n) is 3.43. The summed E-state index contributed by atoms with van der Waals surface area (Å²) in [5.74, 6) is 0.473. The molecule has 0 unspecified atom stereocenters. The lowest BCUT2D eigenvalue weighted by molar-refractivity contribution is 0.706. The van der Waals surface area contributed by atoms with Crippen molar-refractivity contribution in [3.8, 4) is 0 Å². The van der Waals surface area contributed by atoms with E-state index in [0.29, 0.717) is 12.5 Å². The monoisotopic (exact) mass is 267 g/mol. The summed E-state index contributed by atoms with van der Waals surface area (Å²) >= 11 is 1.80. The Bertz CT molecular complexity index is 382. The highest BCUT2D eigenvalue weighted by Gasteiger charge is 2.31. The molecule has 1 fully saturated rings. The number of thiazole rings is 1. The molecule has 1 aliphatic carbocycles. The Balaban J connectivity index is 2.18. The molecule has 18 heavy (non-hydrogen) atoms. The molecule has 0 bridgehead atoms. The van der Waals surface area contributed by atoms with Crippen molar-refractivity contribution < 1.29 is 0 Å². The van der Waals surface area contributed by atoms with Gasteiger partial charge in [-0.2, -0.15) is 0 Å². The van der Waals surface area contributed by atoms with Gasteiger partial charge in [0.2, 0.25) is 0 Å². The van der Waals surface area contributed by atoms with Crippen LogP contribution in [0, 0.1) is 0 Å². The Morgan fingerprint density at radius 3 is 2.61 bits per heavy atom. The second-order valence-corrected chi connectivity index (χ2v) is 6.50. The predicted molar refractivity (Wildman–Crippen MR) is 79.4 cm³/mol. The Kier molecular flexibility index (Phi) is 4.62. The lowest BCUT2D eigenvalue weighted by atomic mass is 10.1. The summed E-state index contributed by atoms with van der Waals surface area (Å²) < 4.78 is 0. The zero-order valence-electron chi connectivity index (χ0n) is 11.8. The van der Waals surface area contributed by atoms with Gasteiger partial charge < -0.3 is 10.6 Å². The molecule has 0 radical (unpaired) electrons. The van der Waals surface area contributed by atoms with Gasteiger partial charge in [0.15, 0.2) is 5.13 Å². The van der Waals surface area contributed by atoms with Crippen molar-refractivity contribution in [1.82, 2.24) is 4.98 Å². The number of aromatic nitrogens is 1. The maximum Gasteiger partial charge on any atom is 0.186 e. The number of hydrogen-bond donors (Lipinski definition) is 1. The van der Waals surface area contributed by atoms with Crippen LogP contribution in [0.2, 0.25) is 0 Å². The fraction of sp³-hybridized carbons (Fsp3) is 0.786. The van der Waals surface area contributed by atoms with Crippen molar-refractivity contribution in [2.75, 3.05) is 11.4 Å². The second-order valence-electron chi connectivity index (χ2n) is 5.44. The largest absolute Gasteiger partial charge is 0.345 e. The number of rotatable bonds is 7. The number of nitrogens with zero attached hydrogens (tertiary/aromatic N) is 2. The number of nitrogens with two attached hydrogens (primary N) is 1. The first kappa shape index (κ1) is 13.8. The summed E-state index contributed by atoms with van der Waals surface area (Å²) in [6.45, 7) is 8.42. The zero-order valence-corrected chi connectivity index (χ0v) is 12.6. The Morgan fingerprint density at radius 2 is 2.17 bits per heavy atom. The fourth-order valence-electron chi connectivity index (χ4n) is 2.22. The van der Waals surface area contributed by atoms with Crippen LogP contribution in [0.1, 0.15) is 62.9 Å². The van der Waals surface area contributed by atoms with Gasteiger partial charge in [0.05, 0.1) is 5.69 Å². The molecular formula is C14H25N3S. The Hall–Kier alpha value is -0.610. The van der Waals surface area contributed by atoms with Crippen molar-refractivity contribution in [3.63, 3.8) is 0 Å². The van der Waals surface area contributed by atoms with E-state index in [1.54, 1.807) is 11.3 Å². The molecule has 4 heteroatoms. The average molecular weight is 267 g/mol. The summed E-state index contributed by atoms with van der Waals surface area (Å²) in [5, 5.41) is 1.20. The van der Waals surface area contributed by atoms with Crippen LogP contribution in [-0.4, -0.2) is 17.6 Å². The van der Waals surface area contributed by atoms with Gasteiger partial charge in [-0.05, 0) is 25.2 Å². The van der Waals surface area contributed by atoms with Crippen molar-refractivity contribution in [2.45, 2.75) is 65.0 Å². The van der Waals surface area contributed by atoms with Crippen LogP contribution in [-0.2, 0) is 6.54 Å². The molecule has 1 saturated carbocycles. The van der Waals surface area contributed by atoms with Crippen molar-refractivity contribution in [1.29, 1.82) is 0 Å². The van der Waals surface area contributed by atoms with E-state index < -0.39 is 0 Å². The van der Waals surface area contributed by atoms with Gasteiger partial charge in [-0.1, -0.05) is 27.2 Å². The summed E-state index contributed by atoms with van der Waals surface area (Å²) in [6.07, 6.45) is 5.16. The zero-order chi connectivity index (χ0) is 13.1. The molecular weight excluding hydrogens is 242 g/mol. The fourth-order valence-corrected chi connectivity index (χ4v) is 3.41. The highest BCUT2D eigenvalue weighted by molar-refractivity contribution is 7.15. The van der Waals surface area contributed by atoms with Crippen molar-refractivity contribution in [3.05, 3.63) is 10.6 Å². The minimum absolute atomic E-state index is 0.473. The lowest BCUT2D eigenvalue weighted by Gasteiger charge is -2.21. The van der Waals surface area contributed by atoms with Gasteiger partial charge in [0.25, 0.3) is 0 Å². The third-order valence-corrected chi connectivity index (χ3v) is 4.57.